The molecule has 1 unspecified atom stereocenters. The summed E-state index contributed by atoms with van der Waals surface area (Å²) in [7, 11) is 0. The lowest BCUT2D eigenvalue weighted by atomic mass is 9.63. The standard InChI is InChI=1S/C36H53N3O3/c1-33(2,3)42-32(40)22-28-26(24-41-36(28,8)9)23-38-17-19-39(20-18-38)31-12-10-11-30(37-31)25-13-14-27-29(21-25)35(6,7)16-15-34(27,4)5/h10-14,21,26,28H,15-20,22-24H2,1-9H3/t26-,28?/m1/s1. The first kappa shape index (κ1) is 31.0. The van der Waals surface area contributed by atoms with Gasteiger partial charge >= 0.3 is 5.97 Å². The third kappa shape index (κ3) is 6.70. The van der Waals surface area contributed by atoms with E-state index in [1.165, 1.54) is 29.5 Å². The van der Waals surface area contributed by atoms with Gasteiger partial charge in [-0.05, 0) is 87.6 Å². The zero-order valence-electron chi connectivity index (χ0n) is 27.5. The smallest absolute Gasteiger partial charge is 0.306 e. The number of piperazine rings is 1. The minimum atomic E-state index is -0.467. The molecule has 2 aromatic rings. The molecule has 2 fully saturated rings. The Labute approximate surface area is 254 Å². The number of carbonyl (C=O) groups excluding carboxylic acids is 1. The highest BCUT2D eigenvalue weighted by Crippen LogP contribution is 2.47. The molecule has 42 heavy (non-hydrogen) atoms. The zero-order valence-corrected chi connectivity index (χ0v) is 27.5. The number of hydrogen-bond acceptors (Lipinski definition) is 6. The van der Waals surface area contributed by atoms with Crippen molar-refractivity contribution in [1.82, 2.24) is 9.88 Å². The Morgan fingerprint density at radius 1 is 0.952 bits per heavy atom. The molecule has 0 amide bonds. The van der Waals surface area contributed by atoms with Crippen LogP contribution in [0.4, 0.5) is 5.82 Å². The van der Waals surface area contributed by atoms with E-state index in [1.54, 1.807) is 0 Å². The van der Waals surface area contributed by atoms with E-state index in [2.05, 4.69) is 87.7 Å². The van der Waals surface area contributed by atoms with Crippen molar-refractivity contribution >= 4 is 11.8 Å². The molecule has 2 atom stereocenters. The first-order chi connectivity index (χ1) is 19.5. The molecule has 1 aliphatic carbocycles. The van der Waals surface area contributed by atoms with Crippen molar-refractivity contribution in [3.8, 4) is 11.3 Å². The average Bonchev–Trinajstić information content (AvgIpc) is 3.18. The molecule has 6 heteroatoms. The van der Waals surface area contributed by atoms with Crippen LogP contribution in [0.1, 0.15) is 92.7 Å². The predicted molar refractivity (Wildman–Crippen MR) is 171 cm³/mol. The Bertz CT molecular complexity index is 1280. The quantitative estimate of drug-likeness (QED) is 0.346. The topological polar surface area (TPSA) is 54.9 Å². The molecular formula is C36H53N3O3. The van der Waals surface area contributed by atoms with E-state index in [1.807, 2.05) is 20.8 Å². The second kappa shape index (κ2) is 11.2. The fourth-order valence-electron chi connectivity index (χ4n) is 7.27. The number of carbonyl (C=O) groups is 1. The maximum atomic E-state index is 12.7. The van der Waals surface area contributed by atoms with E-state index in [9.17, 15) is 4.79 Å². The van der Waals surface area contributed by atoms with E-state index in [0.717, 1.165) is 44.2 Å². The van der Waals surface area contributed by atoms with Gasteiger partial charge in [0.2, 0.25) is 0 Å². The van der Waals surface area contributed by atoms with E-state index in [4.69, 9.17) is 14.5 Å². The van der Waals surface area contributed by atoms with Crippen molar-refractivity contribution in [3.63, 3.8) is 0 Å². The van der Waals surface area contributed by atoms with Gasteiger partial charge in [0.05, 0.1) is 24.3 Å². The van der Waals surface area contributed by atoms with Gasteiger partial charge in [0, 0.05) is 50.1 Å². The van der Waals surface area contributed by atoms with Gasteiger partial charge in [-0.1, -0.05) is 45.9 Å². The summed E-state index contributed by atoms with van der Waals surface area (Å²) in [5.74, 6) is 1.39. The van der Waals surface area contributed by atoms with Crippen LogP contribution in [-0.4, -0.2) is 66.4 Å². The van der Waals surface area contributed by atoms with Crippen LogP contribution in [0.25, 0.3) is 11.3 Å². The van der Waals surface area contributed by atoms with Gasteiger partial charge < -0.3 is 14.4 Å². The molecule has 2 aliphatic heterocycles. The van der Waals surface area contributed by atoms with E-state index in [0.29, 0.717) is 18.9 Å². The van der Waals surface area contributed by atoms with Gasteiger partial charge in [-0.25, -0.2) is 4.98 Å². The minimum Gasteiger partial charge on any atom is -0.460 e. The lowest BCUT2D eigenvalue weighted by Gasteiger charge is -2.42. The Morgan fingerprint density at radius 2 is 1.62 bits per heavy atom. The van der Waals surface area contributed by atoms with Crippen molar-refractivity contribution in [3.05, 3.63) is 47.5 Å². The number of fused-ring (bicyclic) bond motifs is 1. The third-order valence-electron chi connectivity index (χ3n) is 10.0. The molecular weight excluding hydrogens is 522 g/mol. The molecule has 1 aromatic carbocycles. The molecule has 0 bridgehead atoms. The summed E-state index contributed by atoms with van der Waals surface area (Å²) in [5, 5.41) is 0. The number of hydrogen-bond donors (Lipinski definition) is 0. The fraction of sp³-hybridized carbons (Fsp3) is 0.667. The second-order valence-electron chi connectivity index (χ2n) is 15.8. The molecule has 0 spiro atoms. The summed E-state index contributed by atoms with van der Waals surface area (Å²) in [5.41, 5.74) is 4.82. The molecule has 5 rings (SSSR count). The van der Waals surface area contributed by atoms with Gasteiger partial charge in [-0.15, -0.1) is 0 Å². The van der Waals surface area contributed by atoms with Gasteiger partial charge in [0.15, 0.2) is 0 Å². The highest BCUT2D eigenvalue weighted by Gasteiger charge is 2.45. The average molecular weight is 576 g/mol. The van der Waals surface area contributed by atoms with E-state index >= 15 is 0 Å². The summed E-state index contributed by atoms with van der Waals surface area (Å²) in [6, 6.07) is 13.5. The number of nitrogens with zero attached hydrogens (tertiary/aromatic N) is 3. The van der Waals surface area contributed by atoms with E-state index < -0.39 is 5.60 Å². The van der Waals surface area contributed by atoms with Crippen molar-refractivity contribution in [2.24, 2.45) is 11.8 Å². The van der Waals surface area contributed by atoms with Crippen LogP contribution in [0.2, 0.25) is 0 Å². The number of esters is 1. The lowest BCUT2D eigenvalue weighted by molar-refractivity contribution is -0.157. The normalized spacial score (nSPS) is 25.2. The molecule has 6 nitrogen and oxygen atoms in total. The SMILES string of the molecule is CC(C)(C)OC(=O)CC1[C@H](CN2CCN(c3cccc(-c4ccc5c(c4)C(C)(C)CCC5(C)C)n3)CC2)COC1(C)C. The Morgan fingerprint density at radius 3 is 2.29 bits per heavy atom. The minimum absolute atomic E-state index is 0.127. The van der Waals surface area contributed by atoms with Crippen molar-refractivity contribution in [1.29, 1.82) is 0 Å². The summed E-state index contributed by atoms with van der Waals surface area (Å²) in [6.07, 6.45) is 2.84. The molecule has 3 aliphatic rings. The lowest BCUT2D eigenvalue weighted by Crippen LogP contribution is -2.49. The number of anilines is 1. The molecule has 0 saturated carbocycles. The van der Waals surface area contributed by atoms with E-state index in [-0.39, 0.29) is 28.3 Å². The predicted octanol–water partition coefficient (Wildman–Crippen LogP) is 6.99. The second-order valence-corrected chi connectivity index (χ2v) is 15.8. The van der Waals surface area contributed by atoms with Gasteiger partial charge in [0.25, 0.3) is 0 Å². The Kier molecular flexibility index (Phi) is 8.30. The molecule has 0 N–H and O–H groups in total. The molecule has 230 valence electrons. The maximum absolute atomic E-state index is 12.7. The van der Waals surface area contributed by atoms with Crippen LogP contribution in [0.15, 0.2) is 36.4 Å². The van der Waals surface area contributed by atoms with Crippen LogP contribution in [0, 0.1) is 11.8 Å². The number of benzene rings is 1. The molecule has 3 heterocycles. The first-order valence-corrected chi connectivity index (χ1v) is 16.0. The summed E-state index contributed by atoms with van der Waals surface area (Å²) < 4.78 is 11.8. The first-order valence-electron chi connectivity index (χ1n) is 16.0. The number of ether oxygens (including phenoxy) is 2. The summed E-state index contributed by atoms with van der Waals surface area (Å²) >= 11 is 0. The molecule has 1 aromatic heterocycles. The highest BCUT2D eigenvalue weighted by atomic mass is 16.6. The monoisotopic (exact) mass is 575 g/mol. The van der Waals surface area contributed by atoms with Gasteiger partial charge in [-0.3, -0.25) is 9.69 Å². The largest absolute Gasteiger partial charge is 0.460 e. The van der Waals surface area contributed by atoms with Crippen LogP contribution in [0.3, 0.4) is 0 Å². The molecule has 0 radical (unpaired) electrons. The number of aromatic nitrogens is 1. The van der Waals surface area contributed by atoms with Crippen LogP contribution < -0.4 is 4.90 Å². The van der Waals surface area contributed by atoms with Crippen LogP contribution >= 0.6 is 0 Å². The maximum Gasteiger partial charge on any atom is 0.306 e. The van der Waals surface area contributed by atoms with Crippen molar-refractivity contribution < 1.29 is 14.3 Å². The summed E-state index contributed by atoms with van der Waals surface area (Å²) in [6.45, 7) is 25.0. The van der Waals surface area contributed by atoms with Crippen LogP contribution in [0.5, 0.6) is 0 Å². The van der Waals surface area contributed by atoms with Crippen LogP contribution in [-0.2, 0) is 25.1 Å². The number of pyridine rings is 1. The zero-order chi connectivity index (χ0) is 30.5. The fourth-order valence-corrected chi connectivity index (χ4v) is 7.27. The third-order valence-corrected chi connectivity index (χ3v) is 10.0. The van der Waals surface area contributed by atoms with Gasteiger partial charge in [-0.2, -0.15) is 0 Å². The van der Waals surface area contributed by atoms with Gasteiger partial charge in [0.1, 0.15) is 11.4 Å². The Balaban J connectivity index is 1.23. The molecule has 2 saturated heterocycles. The number of rotatable bonds is 6. The summed E-state index contributed by atoms with van der Waals surface area (Å²) in [4.78, 5) is 22.8. The Hall–Kier alpha value is -2.44. The highest BCUT2D eigenvalue weighted by molar-refractivity contribution is 5.70. The van der Waals surface area contributed by atoms with Crippen molar-refractivity contribution in [2.45, 2.75) is 104 Å². The van der Waals surface area contributed by atoms with Crippen molar-refractivity contribution in [2.75, 3.05) is 44.2 Å².